The van der Waals surface area contributed by atoms with E-state index in [1.165, 1.54) is 25.7 Å². The number of fused-ring (bicyclic) bond motifs is 2. The molecule has 2 aliphatic carbocycles. The average molecular weight is 512 g/mol. The summed E-state index contributed by atoms with van der Waals surface area (Å²) in [5, 5.41) is 17.0. The molecule has 0 radical (unpaired) electrons. The summed E-state index contributed by atoms with van der Waals surface area (Å²) in [5.41, 5.74) is -1.33. The maximum Gasteiger partial charge on any atom is 0.471 e. The first-order valence-electron chi connectivity index (χ1n) is 12.2. The number of nitrogens with one attached hydrogen (secondary N) is 3. The molecule has 198 valence electrons. The third kappa shape index (κ3) is 4.52. The number of amides is 4. The molecule has 3 N–H and O–H groups in total. The fourth-order valence-electron chi connectivity index (χ4n) is 6.09. The Hall–Kier alpha value is -2.84. The molecule has 0 bridgehead atoms. The van der Waals surface area contributed by atoms with Crippen LogP contribution in [0.3, 0.4) is 0 Å². The van der Waals surface area contributed by atoms with Crippen LogP contribution in [0.5, 0.6) is 0 Å². The average Bonchev–Trinajstić information content (AvgIpc) is 3.47. The molecule has 2 aliphatic heterocycles. The van der Waals surface area contributed by atoms with E-state index in [2.05, 4.69) is 10.6 Å². The van der Waals surface area contributed by atoms with Gasteiger partial charge in [0.15, 0.2) is 0 Å². The maximum atomic E-state index is 13.5. The SMILES string of the molecule is CC(C)(C)[C@H](NC(=O)C(F)(F)F)C(=O)N1C[C@H]2[C@@H]([C@H]1C(=O)N[C@H](C#N)C[C@H]1C(=O)N[C@@H]3C[C@@H]31)C2(C)C. The van der Waals surface area contributed by atoms with Crippen molar-refractivity contribution in [2.24, 2.45) is 34.5 Å². The highest BCUT2D eigenvalue weighted by atomic mass is 19.4. The Bertz CT molecular complexity index is 1030. The van der Waals surface area contributed by atoms with E-state index in [4.69, 9.17) is 0 Å². The number of hydrogen-bond acceptors (Lipinski definition) is 5. The van der Waals surface area contributed by atoms with Crippen LogP contribution in [0.2, 0.25) is 0 Å². The first-order valence-corrected chi connectivity index (χ1v) is 12.2. The Morgan fingerprint density at radius 2 is 1.86 bits per heavy atom. The molecule has 9 nitrogen and oxygen atoms in total. The molecule has 0 aromatic rings. The number of carbonyl (C=O) groups is 4. The van der Waals surface area contributed by atoms with E-state index in [0.29, 0.717) is 0 Å². The molecule has 2 saturated heterocycles. The lowest BCUT2D eigenvalue weighted by Gasteiger charge is -2.37. The summed E-state index contributed by atoms with van der Waals surface area (Å²) in [6, 6.07) is -1.29. The Labute approximate surface area is 207 Å². The molecular formula is C24H32F3N5O4. The molecule has 2 heterocycles. The van der Waals surface area contributed by atoms with Crippen LogP contribution in [0, 0.1) is 45.8 Å². The van der Waals surface area contributed by atoms with Gasteiger partial charge in [-0.1, -0.05) is 34.6 Å². The molecule has 8 atom stereocenters. The van der Waals surface area contributed by atoms with Gasteiger partial charge in [-0.2, -0.15) is 18.4 Å². The minimum atomic E-state index is -5.16. The Kier molecular flexibility index (Phi) is 6.08. The molecule has 4 aliphatic rings. The van der Waals surface area contributed by atoms with Crippen LogP contribution >= 0.6 is 0 Å². The Balaban J connectivity index is 1.52. The number of nitriles is 1. The van der Waals surface area contributed by atoms with Crippen LogP contribution in [0.25, 0.3) is 0 Å². The largest absolute Gasteiger partial charge is 0.471 e. The molecule has 0 spiro atoms. The smallest absolute Gasteiger partial charge is 0.353 e. The van der Waals surface area contributed by atoms with Crippen LogP contribution in [0.4, 0.5) is 13.2 Å². The number of rotatable bonds is 6. The standard InChI is InChI=1S/C24H32F3N5O4/c1-22(2,3)17(31-21(36)24(25,26)27)20(35)32-9-13-15(23(13,4)5)16(32)19(34)29-10(8-28)6-12-11-7-14(11)30-18(12)33/h10-17H,6-7,9H2,1-5H3,(H,29,34)(H,30,33)(H,31,36)/t10-,11+,12+,13-,14+,15-,16-,17+/m0/s1. The van der Waals surface area contributed by atoms with E-state index in [-0.39, 0.29) is 54.0 Å². The van der Waals surface area contributed by atoms with Crippen molar-refractivity contribution >= 4 is 23.6 Å². The van der Waals surface area contributed by atoms with Crippen LogP contribution in [-0.4, -0.2) is 65.4 Å². The lowest BCUT2D eigenvalue weighted by atomic mass is 9.85. The predicted molar refractivity (Wildman–Crippen MR) is 119 cm³/mol. The van der Waals surface area contributed by atoms with E-state index in [1.807, 2.05) is 25.2 Å². The van der Waals surface area contributed by atoms with Gasteiger partial charge in [0.25, 0.3) is 0 Å². The highest BCUT2D eigenvalue weighted by molar-refractivity contribution is 5.95. The normalized spacial score (nSPS) is 33.4. The number of piperidine rings is 2. The first-order chi connectivity index (χ1) is 16.5. The second-order valence-corrected chi connectivity index (χ2v) is 12.2. The van der Waals surface area contributed by atoms with E-state index < -0.39 is 47.4 Å². The highest BCUT2D eigenvalue weighted by Gasteiger charge is 2.70. The molecule has 0 aromatic carbocycles. The van der Waals surface area contributed by atoms with Gasteiger partial charge in [-0.05, 0) is 41.4 Å². The van der Waals surface area contributed by atoms with Crippen molar-refractivity contribution in [1.29, 1.82) is 5.26 Å². The van der Waals surface area contributed by atoms with Gasteiger partial charge in [0, 0.05) is 18.5 Å². The molecule has 0 aromatic heterocycles. The second-order valence-electron chi connectivity index (χ2n) is 12.2. The quantitative estimate of drug-likeness (QED) is 0.492. The Morgan fingerprint density at radius 1 is 1.22 bits per heavy atom. The molecule has 4 fully saturated rings. The molecule has 0 unspecified atom stereocenters. The summed E-state index contributed by atoms with van der Waals surface area (Å²) in [6.45, 7) is 8.67. The lowest BCUT2D eigenvalue weighted by molar-refractivity contribution is -0.176. The van der Waals surface area contributed by atoms with Crippen molar-refractivity contribution in [2.45, 2.75) is 77.8 Å². The highest BCUT2D eigenvalue weighted by Crippen LogP contribution is 2.65. The van der Waals surface area contributed by atoms with E-state index in [1.54, 1.807) is 0 Å². The number of halogens is 3. The molecule has 2 saturated carbocycles. The lowest BCUT2D eigenvalue weighted by Crippen LogP contribution is -2.61. The summed E-state index contributed by atoms with van der Waals surface area (Å²) in [4.78, 5) is 52.0. The summed E-state index contributed by atoms with van der Waals surface area (Å²) in [7, 11) is 0. The molecule has 4 amide bonds. The van der Waals surface area contributed by atoms with Gasteiger partial charge >= 0.3 is 12.1 Å². The number of likely N-dealkylation sites (tertiary alicyclic amines) is 1. The third-order valence-corrected chi connectivity index (χ3v) is 8.39. The van der Waals surface area contributed by atoms with Gasteiger partial charge in [-0.25, -0.2) is 0 Å². The van der Waals surface area contributed by atoms with Crippen molar-refractivity contribution in [3.05, 3.63) is 0 Å². The van der Waals surface area contributed by atoms with Crippen molar-refractivity contribution in [3.8, 4) is 6.07 Å². The summed E-state index contributed by atoms with van der Waals surface area (Å²) >= 11 is 0. The van der Waals surface area contributed by atoms with Crippen LogP contribution < -0.4 is 16.0 Å². The van der Waals surface area contributed by atoms with Gasteiger partial charge in [-0.3, -0.25) is 19.2 Å². The number of alkyl halides is 3. The fraction of sp³-hybridized carbons (Fsp3) is 0.792. The van der Waals surface area contributed by atoms with Gasteiger partial charge in [0.05, 0.1) is 6.07 Å². The number of hydrogen-bond donors (Lipinski definition) is 3. The second kappa shape index (κ2) is 8.35. The Morgan fingerprint density at radius 3 is 2.36 bits per heavy atom. The van der Waals surface area contributed by atoms with Gasteiger partial charge in [0.2, 0.25) is 17.7 Å². The van der Waals surface area contributed by atoms with Crippen molar-refractivity contribution in [3.63, 3.8) is 0 Å². The van der Waals surface area contributed by atoms with E-state index in [0.717, 1.165) is 6.42 Å². The number of nitrogens with zero attached hydrogens (tertiary/aromatic N) is 2. The van der Waals surface area contributed by atoms with Crippen LogP contribution in [-0.2, 0) is 19.2 Å². The van der Waals surface area contributed by atoms with Crippen molar-refractivity contribution in [1.82, 2.24) is 20.9 Å². The van der Waals surface area contributed by atoms with Crippen LogP contribution in [0.15, 0.2) is 0 Å². The zero-order valence-electron chi connectivity index (χ0n) is 20.9. The summed E-state index contributed by atoms with van der Waals surface area (Å²) in [5.74, 6) is -4.19. The molecule has 12 heteroatoms. The maximum absolute atomic E-state index is 13.5. The number of carbonyl (C=O) groups excluding carboxylic acids is 4. The van der Waals surface area contributed by atoms with Crippen molar-refractivity contribution < 1.29 is 32.3 Å². The molecule has 36 heavy (non-hydrogen) atoms. The van der Waals surface area contributed by atoms with Crippen molar-refractivity contribution in [2.75, 3.05) is 6.54 Å². The minimum Gasteiger partial charge on any atom is -0.353 e. The fourth-order valence-corrected chi connectivity index (χ4v) is 6.09. The molecule has 4 rings (SSSR count). The van der Waals surface area contributed by atoms with Gasteiger partial charge in [-0.15, -0.1) is 0 Å². The van der Waals surface area contributed by atoms with Crippen LogP contribution in [0.1, 0.15) is 47.5 Å². The van der Waals surface area contributed by atoms with E-state index in [9.17, 15) is 37.6 Å². The zero-order valence-corrected chi connectivity index (χ0v) is 20.9. The van der Waals surface area contributed by atoms with Gasteiger partial charge in [0.1, 0.15) is 18.1 Å². The first kappa shape index (κ1) is 26.2. The monoisotopic (exact) mass is 511 g/mol. The minimum absolute atomic E-state index is 0.0375. The summed E-state index contributed by atoms with van der Waals surface area (Å²) in [6.07, 6.45) is -4.16. The van der Waals surface area contributed by atoms with E-state index >= 15 is 0 Å². The van der Waals surface area contributed by atoms with Gasteiger partial charge < -0.3 is 20.9 Å². The third-order valence-electron chi connectivity index (χ3n) is 8.39. The molecular weight excluding hydrogens is 479 g/mol. The topological polar surface area (TPSA) is 131 Å². The zero-order chi connectivity index (χ0) is 27.0. The summed E-state index contributed by atoms with van der Waals surface area (Å²) < 4.78 is 38.9. The predicted octanol–water partition coefficient (Wildman–Crippen LogP) is 1.10.